The van der Waals surface area contributed by atoms with Gasteiger partial charge in [-0.2, -0.15) is 0 Å². The highest BCUT2D eigenvalue weighted by molar-refractivity contribution is 5.71. The molecule has 0 fully saturated rings. The minimum atomic E-state index is -0.790. The molecular weight excluding hydrogens is 817 g/mol. The second kappa shape index (κ2) is 54.7. The zero-order valence-electron chi connectivity index (χ0n) is 43.7. The molecule has 0 spiro atoms. The Bertz CT molecular complexity index is 1200. The Morgan fingerprint density at radius 2 is 0.545 bits per heavy atom. The monoisotopic (exact) mass is 923 g/mol. The lowest BCUT2D eigenvalue weighted by Crippen LogP contribution is -2.30. The molecule has 0 aliphatic heterocycles. The van der Waals surface area contributed by atoms with Crippen LogP contribution < -0.4 is 0 Å². The maximum absolute atomic E-state index is 12.8. The van der Waals surface area contributed by atoms with Gasteiger partial charge in [-0.05, 0) is 109 Å². The van der Waals surface area contributed by atoms with E-state index < -0.39 is 6.10 Å². The molecule has 0 aromatic carbocycles. The molecule has 0 aliphatic rings. The number of unbranched alkanes of at least 4 members (excludes halogenated alkanes) is 30. The molecular formula is C60H106O6. The van der Waals surface area contributed by atoms with Gasteiger partial charge in [-0.3, -0.25) is 14.4 Å². The molecule has 0 rings (SSSR count). The van der Waals surface area contributed by atoms with Crippen LogP contribution in [0.15, 0.2) is 60.8 Å². The SMILES string of the molecule is CCCCCC/C=C\C/C=C\CCCCCCCC(=O)OCC(COC(=O)CCCCCCC/C=C\CCCCCCCCC)OC(=O)CCCCCCC/C=C\C/C=C\CCCCCC. The summed E-state index contributed by atoms with van der Waals surface area (Å²) in [5, 5.41) is 0. The highest BCUT2D eigenvalue weighted by atomic mass is 16.6. The molecule has 0 N–H and O–H groups in total. The second-order valence-corrected chi connectivity index (χ2v) is 18.8. The summed E-state index contributed by atoms with van der Waals surface area (Å²) in [4.78, 5) is 38.1. The molecule has 1 atom stereocenters. The van der Waals surface area contributed by atoms with Crippen LogP contribution in [0.25, 0.3) is 0 Å². The zero-order valence-corrected chi connectivity index (χ0v) is 43.7. The van der Waals surface area contributed by atoms with Crippen molar-refractivity contribution in [2.24, 2.45) is 0 Å². The smallest absolute Gasteiger partial charge is 0.306 e. The quantitative estimate of drug-likeness (QED) is 0.0262. The van der Waals surface area contributed by atoms with E-state index in [0.29, 0.717) is 19.3 Å². The maximum atomic E-state index is 12.8. The van der Waals surface area contributed by atoms with Crippen LogP contribution in [0, 0.1) is 0 Å². The molecule has 0 aromatic rings. The van der Waals surface area contributed by atoms with Crippen molar-refractivity contribution in [1.82, 2.24) is 0 Å². The van der Waals surface area contributed by atoms with E-state index in [2.05, 4.69) is 81.5 Å². The molecule has 0 aliphatic carbocycles. The minimum absolute atomic E-state index is 0.0882. The summed E-state index contributed by atoms with van der Waals surface area (Å²) >= 11 is 0. The Kier molecular flexibility index (Phi) is 52.3. The van der Waals surface area contributed by atoms with Gasteiger partial charge in [0.05, 0.1) is 0 Å². The fourth-order valence-corrected chi connectivity index (χ4v) is 7.91. The molecule has 6 nitrogen and oxygen atoms in total. The molecule has 6 heteroatoms. The predicted octanol–water partition coefficient (Wildman–Crippen LogP) is 18.8. The number of carbonyl (C=O) groups is 3. The summed E-state index contributed by atoms with van der Waals surface area (Å²) in [6.07, 6.45) is 67.7. The lowest BCUT2D eigenvalue weighted by molar-refractivity contribution is -0.167. The fraction of sp³-hybridized carbons (Fsp3) is 0.783. The van der Waals surface area contributed by atoms with Crippen molar-refractivity contribution in [2.45, 2.75) is 290 Å². The van der Waals surface area contributed by atoms with E-state index >= 15 is 0 Å². The van der Waals surface area contributed by atoms with Gasteiger partial charge in [-0.25, -0.2) is 0 Å². The molecule has 382 valence electrons. The molecule has 0 amide bonds. The Labute approximate surface area is 409 Å². The second-order valence-electron chi connectivity index (χ2n) is 18.8. The van der Waals surface area contributed by atoms with Gasteiger partial charge in [0.1, 0.15) is 13.2 Å². The van der Waals surface area contributed by atoms with Crippen LogP contribution in [0.1, 0.15) is 284 Å². The van der Waals surface area contributed by atoms with Crippen molar-refractivity contribution in [1.29, 1.82) is 0 Å². The van der Waals surface area contributed by atoms with Crippen LogP contribution in [0.2, 0.25) is 0 Å². The van der Waals surface area contributed by atoms with E-state index in [1.165, 1.54) is 135 Å². The van der Waals surface area contributed by atoms with E-state index in [1.54, 1.807) is 0 Å². The molecule has 1 unspecified atom stereocenters. The first kappa shape index (κ1) is 63.1. The Morgan fingerprint density at radius 1 is 0.303 bits per heavy atom. The van der Waals surface area contributed by atoms with Crippen LogP contribution in [-0.2, 0) is 28.6 Å². The summed E-state index contributed by atoms with van der Waals surface area (Å²) in [6, 6.07) is 0. The van der Waals surface area contributed by atoms with Gasteiger partial charge in [0, 0.05) is 19.3 Å². The predicted molar refractivity (Wildman–Crippen MR) is 284 cm³/mol. The van der Waals surface area contributed by atoms with Gasteiger partial charge < -0.3 is 14.2 Å². The third-order valence-corrected chi connectivity index (χ3v) is 12.2. The summed E-state index contributed by atoms with van der Waals surface area (Å²) in [6.45, 7) is 6.59. The van der Waals surface area contributed by atoms with Crippen LogP contribution in [0.4, 0.5) is 0 Å². The van der Waals surface area contributed by atoms with Crippen molar-refractivity contribution in [3.8, 4) is 0 Å². The Balaban J connectivity index is 4.43. The maximum Gasteiger partial charge on any atom is 0.306 e. The number of ether oxygens (including phenoxy) is 3. The molecule has 0 saturated heterocycles. The lowest BCUT2D eigenvalue weighted by Gasteiger charge is -2.18. The van der Waals surface area contributed by atoms with Gasteiger partial charge in [0.25, 0.3) is 0 Å². The standard InChI is InChI=1S/C60H106O6/c1-4-7-10-13-16-19-22-25-28-31-34-37-40-43-46-49-52-58(61)64-55-57(66-60(63)54-51-48-45-42-39-36-33-30-27-24-21-18-15-12-9-6-3)56-65-59(62)53-50-47-44-41-38-35-32-29-26-23-20-17-14-11-8-5-2/h19,21-22,24,28-33,57H,4-18,20,23,25-27,34-56H2,1-3H3/b22-19-,24-21-,31-28-,32-29-,33-30-. The summed E-state index contributed by atoms with van der Waals surface area (Å²) in [5.74, 6) is -0.915. The van der Waals surface area contributed by atoms with E-state index in [1.807, 2.05) is 0 Å². The van der Waals surface area contributed by atoms with Crippen molar-refractivity contribution in [3.63, 3.8) is 0 Å². The van der Waals surface area contributed by atoms with Crippen molar-refractivity contribution >= 4 is 17.9 Å². The Hall–Kier alpha value is -2.89. The van der Waals surface area contributed by atoms with Crippen LogP contribution >= 0.6 is 0 Å². The van der Waals surface area contributed by atoms with Crippen LogP contribution in [0.5, 0.6) is 0 Å². The average molecular weight is 924 g/mol. The lowest BCUT2D eigenvalue weighted by atomic mass is 10.1. The summed E-state index contributed by atoms with van der Waals surface area (Å²) in [7, 11) is 0. The number of carbonyl (C=O) groups excluding carboxylic acids is 3. The van der Waals surface area contributed by atoms with Crippen LogP contribution in [-0.4, -0.2) is 37.2 Å². The van der Waals surface area contributed by atoms with Gasteiger partial charge in [0.15, 0.2) is 6.10 Å². The first-order valence-corrected chi connectivity index (χ1v) is 28.3. The number of allylic oxidation sites excluding steroid dienone is 10. The van der Waals surface area contributed by atoms with Gasteiger partial charge in [-0.1, -0.05) is 216 Å². The summed E-state index contributed by atoms with van der Waals surface area (Å²) in [5.41, 5.74) is 0. The normalized spacial score (nSPS) is 12.5. The first-order valence-electron chi connectivity index (χ1n) is 28.3. The van der Waals surface area contributed by atoms with Crippen molar-refractivity contribution < 1.29 is 28.6 Å². The van der Waals surface area contributed by atoms with Gasteiger partial charge in [-0.15, -0.1) is 0 Å². The van der Waals surface area contributed by atoms with Crippen LogP contribution in [0.3, 0.4) is 0 Å². The fourth-order valence-electron chi connectivity index (χ4n) is 7.91. The third-order valence-electron chi connectivity index (χ3n) is 12.2. The number of hydrogen-bond acceptors (Lipinski definition) is 6. The average Bonchev–Trinajstić information content (AvgIpc) is 3.31. The molecule has 0 radical (unpaired) electrons. The van der Waals surface area contributed by atoms with Gasteiger partial charge in [0.2, 0.25) is 0 Å². The topological polar surface area (TPSA) is 78.9 Å². The highest BCUT2D eigenvalue weighted by Gasteiger charge is 2.19. The number of hydrogen-bond donors (Lipinski definition) is 0. The summed E-state index contributed by atoms with van der Waals surface area (Å²) < 4.78 is 16.8. The van der Waals surface area contributed by atoms with Crippen molar-refractivity contribution in [2.75, 3.05) is 13.2 Å². The highest BCUT2D eigenvalue weighted by Crippen LogP contribution is 2.14. The molecule has 0 heterocycles. The largest absolute Gasteiger partial charge is 0.462 e. The Morgan fingerprint density at radius 3 is 0.864 bits per heavy atom. The van der Waals surface area contributed by atoms with E-state index in [-0.39, 0.29) is 31.1 Å². The minimum Gasteiger partial charge on any atom is -0.462 e. The zero-order chi connectivity index (χ0) is 47.9. The number of esters is 3. The molecule has 66 heavy (non-hydrogen) atoms. The number of rotatable bonds is 51. The first-order chi connectivity index (χ1) is 32.5. The molecule has 0 aromatic heterocycles. The third kappa shape index (κ3) is 52.1. The van der Waals surface area contributed by atoms with E-state index in [9.17, 15) is 14.4 Å². The van der Waals surface area contributed by atoms with Crippen molar-refractivity contribution in [3.05, 3.63) is 60.8 Å². The van der Waals surface area contributed by atoms with E-state index in [0.717, 1.165) is 109 Å². The van der Waals surface area contributed by atoms with E-state index in [4.69, 9.17) is 14.2 Å². The molecule has 0 bridgehead atoms. The van der Waals surface area contributed by atoms with Gasteiger partial charge >= 0.3 is 17.9 Å². The molecule has 0 saturated carbocycles.